The van der Waals surface area contributed by atoms with E-state index in [4.69, 9.17) is 32.7 Å². The number of aryl methyl sites for hydroxylation is 4. The Morgan fingerprint density at radius 3 is 2.72 bits per heavy atom. The summed E-state index contributed by atoms with van der Waals surface area (Å²) < 4.78 is 5.32. The predicted molar refractivity (Wildman–Crippen MR) is 123 cm³/mol. The number of rotatable bonds is 9. The van der Waals surface area contributed by atoms with Crippen molar-refractivity contribution in [2.75, 3.05) is 11.9 Å². The standard InChI is InChI=1S/C23H24Cl2N4O3/c24-16-11-15(12-17(25)13-16)19(23(30)31)8-9-21-28-20(29-32-21)5-1-4-18-7-6-14-3-2-10-26-22(14)27-18/h6-7,11-13,19H,1-5,8-10H2,(H,26,27)(H,30,31). The average Bonchev–Trinajstić information content (AvgIpc) is 3.20. The summed E-state index contributed by atoms with van der Waals surface area (Å²) in [5, 5.41) is 17.8. The first kappa shape index (κ1) is 22.6. The van der Waals surface area contributed by atoms with Gasteiger partial charge < -0.3 is 14.9 Å². The summed E-state index contributed by atoms with van der Waals surface area (Å²) in [6.45, 7) is 0.974. The van der Waals surface area contributed by atoms with Crippen LogP contribution in [0.4, 0.5) is 5.82 Å². The van der Waals surface area contributed by atoms with Gasteiger partial charge in [0, 0.05) is 35.1 Å². The molecule has 1 aliphatic rings. The van der Waals surface area contributed by atoms with E-state index in [1.54, 1.807) is 18.2 Å². The molecular formula is C23H24Cl2N4O3. The van der Waals surface area contributed by atoms with Gasteiger partial charge in [0.1, 0.15) is 5.82 Å². The van der Waals surface area contributed by atoms with Crippen molar-refractivity contribution in [3.8, 4) is 0 Å². The lowest BCUT2D eigenvalue weighted by atomic mass is 9.94. The molecule has 0 spiro atoms. The quantitative estimate of drug-likeness (QED) is 0.444. The minimum absolute atomic E-state index is 0.305. The van der Waals surface area contributed by atoms with Crippen molar-refractivity contribution in [3.63, 3.8) is 0 Å². The van der Waals surface area contributed by atoms with E-state index in [-0.39, 0.29) is 0 Å². The van der Waals surface area contributed by atoms with Crippen LogP contribution in [0.25, 0.3) is 0 Å². The third kappa shape index (κ3) is 5.78. The number of hydrogen-bond donors (Lipinski definition) is 2. The second-order valence-electron chi connectivity index (χ2n) is 7.93. The molecule has 3 heterocycles. The summed E-state index contributed by atoms with van der Waals surface area (Å²) in [5.74, 6) is 0.342. The fourth-order valence-electron chi connectivity index (χ4n) is 3.91. The van der Waals surface area contributed by atoms with Gasteiger partial charge >= 0.3 is 5.97 Å². The molecule has 0 amide bonds. The monoisotopic (exact) mass is 474 g/mol. The van der Waals surface area contributed by atoms with Crippen LogP contribution in [0.15, 0.2) is 34.9 Å². The first-order chi connectivity index (χ1) is 15.5. The molecule has 7 nitrogen and oxygen atoms in total. The van der Waals surface area contributed by atoms with Crippen molar-refractivity contribution < 1.29 is 14.4 Å². The van der Waals surface area contributed by atoms with Crippen LogP contribution in [0, 0.1) is 0 Å². The third-order valence-corrected chi connectivity index (χ3v) is 5.96. The van der Waals surface area contributed by atoms with Gasteiger partial charge in [0.2, 0.25) is 5.89 Å². The number of carboxylic acid groups (broad SMARTS) is 1. The molecule has 4 rings (SSSR count). The molecule has 0 aliphatic carbocycles. The number of carbonyl (C=O) groups is 1. The number of nitrogens with one attached hydrogen (secondary N) is 1. The number of carboxylic acids is 1. The molecule has 168 valence electrons. The number of pyridine rings is 1. The van der Waals surface area contributed by atoms with Gasteiger partial charge in [-0.05, 0) is 67.5 Å². The fourth-order valence-corrected chi connectivity index (χ4v) is 4.45. The minimum atomic E-state index is -0.949. The molecule has 0 fully saturated rings. The number of benzene rings is 1. The number of fused-ring (bicyclic) bond motifs is 1. The van der Waals surface area contributed by atoms with Crippen molar-refractivity contribution >= 4 is 35.0 Å². The van der Waals surface area contributed by atoms with Gasteiger partial charge in [-0.3, -0.25) is 4.79 Å². The molecule has 1 unspecified atom stereocenters. The van der Waals surface area contributed by atoms with E-state index in [0.717, 1.165) is 43.7 Å². The van der Waals surface area contributed by atoms with Crippen molar-refractivity contribution in [1.29, 1.82) is 0 Å². The molecule has 2 aromatic heterocycles. The molecule has 2 N–H and O–H groups in total. The number of aliphatic carboxylic acids is 1. The van der Waals surface area contributed by atoms with E-state index in [9.17, 15) is 9.90 Å². The van der Waals surface area contributed by atoms with E-state index >= 15 is 0 Å². The highest BCUT2D eigenvalue weighted by Gasteiger charge is 2.22. The molecule has 0 radical (unpaired) electrons. The molecule has 3 aromatic rings. The van der Waals surface area contributed by atoms with Crippen LogP contribution in [0.3, 0.4) is 0 Å². The highest BCUT2D eigenvalue weighted by molar-refractivity contribution is 6.34. The van der Waals surface area contributed by atoms with E-state index < -0.39 is 11.9 Å². The van der Waals surface area contributed by atoms with Crippen LogP contribution < -0.4 is 5.32 Å². The maximum atomic E-state index is 11.8. The summed E-state index contributed by atoms with van der Waals surface area (Å²) in [7, 11) is 0. The second kappa shape index (κ2) is 10.3. The van der Waals surface area contributed by atoms with Crippen LogP contribution in [0.1, 0.15) is 53.7 Å². The normalized spacial score (nSPS) is 13.9. The smallest absolute Gasteiger partial charge is 0.310 e. The lowest BCUT2D eigenvalue weighted by Crippen LogP contribution is -2.14. The summed E-state index contributed by atoms with van der Waals surface area (Å²) in [5.41, 5.74) is 2.88. The summed E-state index contributed by atoms with van der Waals surface area (Å²) in [4.78, 5) is 20.9. The van der Waals surface area contributed by atoms with Gasteiger partial charge in [-0.1, -0.05) is 34.4 Å². The van der Waals surface area contributed by atoms with Crippen molar-refractivity contribution in [2.24, 2.45) is 0 Å². The van der Waals surface area contributed by atoms with E-state index in [0.29, 0.717) is 46.6 Å². The van der Waals surface area contributed by atoms with E-state index in [2.05, 4.69) is 27.6 Å². The molecule has 1 aliphatic heterocycles. The Morgan fingerprint density at radius 2 is 1.94 bits per heavy atom. The summed E-state index contributed by atoms with van der Waals surface area (Å²) in [6, 6.07) is 9.06. The Hall–Kier alpha value is -2.64. The second-order valence-corrected chi connectivity index (χ2v) is 8.80. The van der Waals surface area contributed by atoms with E-state index in [1.165, 1.54) is 5.56 Å². The maximum absolute atomic E-state index is 11.8. The van der Waals surface area contributed by atoms with Crippen LogP contribution in [-0.2, 0) is 30.5 Å². The maximum Gasteiger partial charge on any atom is 0.310 e. The van der Waals surface area contributed by atoms with E-state index in [1.807, 2.05) is 0 Å². The lowest BCUT2D eigenvalue weighted by Gasteiger charge is -2.17. The van der Waals surface area contributed by atoms with Gasteiger partial charge in [-0.2, -0.15) is 4.98 Å². The largest absolute Gasteiger partial charge is 0.481 e. The number of hydrogen-bond acceptors (Lipinski definition) is 6. The number of aromatic nitrogens is 3. The van der Waals surface area contributed by atoms with Gasteiger partial charge in [0.15, 0.2) is 5.82 Å². The Balaban J connectivity index is 1.30. The summed E-state index contributed by atoms with van der Waals surface area (Å²) >= 11 is 12.0. The minimum Gasteiger partial charge on any atom is -0.481 e. The van der Waals surface area contributed by atoms with Crippen molar-refractivity contribution in [3.05, 3.63) is 68.9 Å². The Labute approximate surface area is 196 Å². The first-order valence-corrected chi connectivity index (χ1v) is 11.5. The number of halogens is 2. The molecule has 1 aromatic carbocycles. The molecule has 0 saturated heterocycles. The zero-order valence-corrected chi connectivity index (χ0v) is 19.0. The highest BCUT2D eigenvalue weighted by atomic mass is 35.5. The van der Waals surface area contributed by atoms with Crippen LogP contribution in [0.5, 0.6) is 0 Å². The summed E-state index contributed by atoms with van der Waals surface area (Å²) in [6.07, 6.45) is 5.23. The number of anilines is 1. The molecular weight excluding hydrogens is 451 g/mol. The van der Waals surface area contributed by atoms with Gasteiger partial charge in [-0.15, -0.1) is 0 Å². The van der Waals surface area contributed by atoms with Crippen molar-refractivity contribution in [1.82, 2.24) is 15.1 Å². The van der Waals surface area contributed by atoms with Gasteiger partial charge in [-0.25, -0.2) is 4.98 Å². The zero-order chi connectivity index (χ0) is 22.5. The molecule has 0 saturated carbocycles. The van der Waals surface area contributed by atoms with Crippen molar-refractivity contribution in [2.45, 2.75) is 50.9 Å². The Kier molecular flexibility index (Phi) is 7.27. The van der Waals surface area contributed by atoms with Gasteiger partial charge in [0.25, 0.3) is 0 Å². The molecule has 32 heavy (non-hydrogen) atoms. The molecule has 0 bridgehead atoms. The average molecular weight is 475 g/mol. The molecule has 1 atom stereocenters. The Bertz CT molecular complexity index is 1080. The van der Waals surface area contributed by atoms with Crippen LogP contribution in [0.2, 0.25) is 10.0 Å². The van der Waals surface area contributed by atoms with Crippen LogP contribution in [-0.4, -0.2) is 32.7 Å². The number of nitrogens with zero attached hydrogens (tertiary/aromatic N) is 3. The SMILES string of the molecule is O=C(O)C(CCc1nc(CCCc2ccc3c(n2)NCCC3)no1)c1cc(Cl)cc(Cl)c1. The van der Waals surface area contributed by atoms with Crippen LogP contribution >= 0.6 is 23.2 Å². The molecule has 9 heteroatoms. The van der Waals surface area contributed by atoms with Gasteiger partial charge in [0.05, 0.1) is 5.92 Å². The first-order valence-electron chi connectivity index (χ1n) is 10.7. The Morgan fingerprint density at radius 1 is 1.12 bits per heavy atom. The topological polar surface area (TPSA) is 101 Å². The third-order valence-electron chi connectivity index (χ3n) is 5.53. The predicted octanol–water partition coefficient (Wildman–Crippen LogP) is 5.11. The zero-order valence-electron chi connectivity index (χ0n) is 17.5. The fraction of sp³-hybridized carbons (Fsp3) is 0.391. The lowest BCUT2D eigenvalue weighted by molar-refractivity contribution is -0.139. The highest BCUT2D eigenvalue weighted by Crippen LogP contribution is 2.28.